The minimum absolute atomic E-state index is 0.145. The summed E-state index contributed by atoms with van der Waals surface area (Å²) < 4.78 is 0. The molecule has 1 saturated heterocycles. The van der Waals surface area contributed by atoms with Crippen LogP contribution in [0.25, 0.3) is 0 Å². The number of benzene rings is 2. The van der Waals surface area contributed by atoms with E-state index in [0.717, 1.165) is 6.42 Å². The molecule has 5 nitrogen and oxygen atoms in total. The molecule has 2 aromatic rings. The number of nitrogens with one attached hydrogen (secondary N) is 1. The van der Waals surface area contributed by atoms with Crippen LogP contribution < -0.4 is 10.2 Å². The van der Waals surface area contributed by atoms with Crippen molar-refractivity contribution >= 4 is 40.7 Å². The van der Waals surface area contributed by atoms with Crippen LogP contribution in [0.1, 0.15) is 44.0 Å². The molecule has 29 heavy (non-hydrogen) atoms. The summed E-state index contributed by atoms with van der Waals surface area (Å²) in [4.78, 5) is 40.1. The first kappa shape index (κ1) is 19.6. The van der Waals surface area contributed by atoms with Gasteiger partial charge < -0.3 is 5.32 Å². The average molecular weight is 411 g/mol. The molecule has 2 fully saturated rings. The summed E-state index contributed by atoms with van der Waals surface area (Å²) in [5, 5.41) is 3.39. The Kier molecular flexibility index (Phi) is 4.54. The smallest absolute Gasteiger partial charge is 0.255 e. The topological polar surface area (TPSA) is 66.5 Å². The maximum absolute atomic E-state index is 13.2. The lowest BCUT2D eigenvalue weighted by Gasteiger charge is -2.47. The number of carbonyl (C=O) groups is 3. The van der Waals surface area contributed by atoms with Gasteiger partial charge in [0.1, 0.15) is 0 Å². The van der Waals surface area contributed by atoms with E-state index in [2.05, 4.69) is 5.32 Å². The second kappa shape index (κ2) is 6.70. The summed E-state index contributed by atoms with van der Waals surface area (Å²) >= 11 is 5.86. The summed E-state index contributed by atoms with van der Waals surface area (Å²) in [5.74, 6) is -0.741. The third-order valence-electron chi connectivity index (χ3n) is 6.91. The van der Waals surface area contributed by atoms with Gasteiger partial charge in [-0.3, -0.25) is 14.4 Å². The third-order valence-corrected chi connectivity index (χ3v) is 7.16. The Balaban J connectivity index is 1.56. The predicted octanol–water partition coefficient (Wildman–Crippen LogP) is 4.91. The van der Waals surface area contributed by atoms with Gasteiger partial charge in [-0.2, -0.15) is 0 Å². The van der Waals surface area contributed by atoms with Gasteiger partial charge in [-0.25, -0.2) is 4.90 Å². The van der Waals surface area contributed by atoms with Crippen molar-refractivity contribution in [1.29, 1.82) is 0 Å². The van der Waals surface area contributed by atoms with Gasteiger partial charge in [-0.05, 0) is 66.8 Å². The van der Waals surface area contributed by atoms with Crippen LogP contribution in [0.2, 0.25) is 5.02 Å². The fraction of sp³-hybridized carbons (Fsp3) is 0.348. The van der Waals surface area contributed by atoms with Crippen LogP contribution in [0.3, 0.4) is 0 Å². The molecule has 0 unspecified atom stereocenters. The van der Waals surface area contributed by atoms with Crippen LogP contribution in [0.15, 0.2) is 48.5 Å². The highest BCUT2D eigenvalue weighted by Gasteiger charge is 2.64. The first-order valence-corrected chi connectivity index (χ1v) is 10.1. The van der Waals surface area contributed by atoms with Gasteiger partial charge in [0.2, 0.25) is 11.8 Å². The number of imide groups is 1. The molecule has 3 amide bonds. The predicted molar refractivity (Wildman–Crippen MR) is 113 cm³/mol. The van der Waals surface area contributed by atoms with Gasteiger partial charge in [-0.1, -0.05) is 32.4 Å². The van der Waals surface area contributed by atoms with Crippen molar-refractivity contribution < 1.29 is 14.4 Å². The van der Waals surface area contributed by atoms with Crippen molar-refractivity contribution in [2.75, 3.05) is 10.2 Å². The van der Waals surface area contributed by atoms with Gasteiger partial charge in [0.15, 0.2) is 0 Å². The molecule has 2 aliphatic rings. The molecule has 1 N–H and O–H groups in total. The monoisotopic (exact) mass is 410 g/mol. The molecule has 150 valence electrons. The number of halogens is 1. The highest BCUT2D eigenvalue weighted by Crippen LogP contribution is 2.60. The van der Waals surface area contributed by atoms with E-state index in [9.17, 15) is 14.4 Å². The van der Waals surface area contributed by atoms with E-state index in [1.165, 1.54) is 4.90 Å². The van der Waals surface area contributed by atoms with Gasteiger partial charge >= 0.3 is 0 Å². The van der Waals surface area contributed by atoms with E-state index in [1.54, 1.807) is 48.5 Å². The van der Waals surface area contributed by atoms with Crippen LogP contribution >= 0.6 is 11.6 Å². The molecular formula is C23H23ClN2O3. The molecule has 2 aromatic carbocycles. The Morgan fingerprint density at radius 3 is 2.28 bits per heavy atom. The van der Waals surface area contributed by atoms with Crippen molar-refractivity contribution in [3.8, 4) is 0 Å². The SMILES string of the molecule is CC1(C)[C@H]2CC[C@]1(C)C(=O)N(c1ccc(C(=O)Nc3ccc(Cl)cc3)cc1)C2=O. The second-order valence-electron chi connectivity index (χ2n) is 8.63. The average Bonchev–Trinajstić information content (AvgIpc) is 2.87. The van der Waals surface area contributed by atoms with Crippen LogP contribution in [0, 0.1) is 16.7 Å². The molecule has 1 saturated carbocycles. The van der Waals surface area contributed by atoms with E-state index in [4.69, 9.17) is 11.6 Å². The minimum Gasteiger partial charge on any atom is -0.322 e. The molecule has 0 radical (unpaired) electrons. The van der Waals surface area contributed by atoms with Gasteiger partial charge in [0.05, 0.1) is 11.1 Å². The number of anilines is 2. The largest absolute Gasteiger partial charge is 0.322 e. The zero-order valence-electron chi connectivity index (χ0n) is 16.7. The summed E-state index contributed by atoms with van der Waals surface area (Å²) in [5.41, 5.74) is 0.676. The first-order chi connectivity index (χ1) is 13.6. The molecule has 0 aromatic heterocycles. The van der Waals surface area contributed by atoms with E-state index in [0.29, 0.717) is 28.4 Å². The zero-order valence-corrected chi connectivity index (χ0v) is 17.4. The number of hydrogen-bond acceptors (Lipinski definition) is 3. The number of hydrogen-bond donors (Lipinski definition) is 1. The normalized spacial score (nSPS) is 25.2. The number of rotatable bonds is 3. The van der Waals surface area contributed by atoms with Gasteiger partial charge in [0, 0.05) is 22.2 Å². The Labute approximate surface area is 175 Å². The molecule has 1 heterocycles. The molecule has 1 aliphatic heterocycles. The molecule has 6 heteroatoms. The Morgan fingerprint density at radius 1 is 1.03 bits per heavy atom. The second-order valence-corrected chi connectivity index (χ2v) is 9.07. The fourth-order valence-electron chi connectivity index (χ4n) is 4.56. The molecule has 2 atom stereocenters. The van der Waals surface area contributed by atoms with Crippen molar-refractivity contribution in [3.63, 3.8) is 0 Å². The van der Waals surface area contributed by atoms with Crippen molar-refractivity contribution in [2.45, 2.75) is 33.6 Å². The number of fused-ring (bicyclic) bond motifs is 2. The highest BCUT2D eigenvalue weighted by atomic mass is 35.5. The number of amides is 3. The maximum Gasteiger partial charge on any atom is 0.255 e. The van der Waals surface area contributed by atoms with Crippen LogP contribution in [0.5, 0.6) is 0 Å². The lowest BCUT2D eigenvalue weighted by molar-refractivity contribution is -0.146. The van der Waals surface area contributed by atoms with E-state index < -0.39 is 5.41 Å². The fourth-order valence-corrected chi connectivity index (χ4v) is 4.69. The van der Waals surface area contributed by atoms with E-state index in [-0.39, 0.29) is 29.1 Å². The zero-order chi connectivity index (χ0) is 21.0. The molecule has 4 rings (SSSR count). The lowest BCUT2D eigenvalue weighted by atomic mass is 9.62. The molecular weight excluding hydrogens is 388 g/mol. The van der Waals surface area contributed by atoms with Gasteiger partial charge in [-0.15, -0.1) is 0 Å². The van der Waals surface area contributed by atoms with Crippen molar-refractivity contribution in [3.05, 3.63) is 59.1 Å². The first-order valence-electron chi connectivity index (χ1n) is 9.70. The van der Waals surface area contributed by atoms with E-state index >= 15 is 0 Å². The Morgan fingerprint density at radius 2 is 1.66 bits per heavy atom. The Bertz CT molecular complexity index is 998. The lowest BCUT2D eigenvalue weighted by Crippen LogP contribution is -2.59. The van der Waals surface area contributed by atoms with Crippen LogP contribution in [0.4, 0.5) is 11.4 Å². The summed E-state index contributed by atoms with van der Waals surface area (Å²) in [6, 6.07) is 13.4. The number of piperidine rings is 1. The standard InChI is InChI=1S/C23H23ClN2O3/c1-22(2)18-12-13-23(22,3)21(29)26(20(18)28)17-10-4-14(5-11-17)19(27)25-16-8-6-15(24)7-9-16/h4-11,18H,12-13H2,1-3H3,(H,25,27)/t18-,23+/m0/s1. The maximum atomic E-state index is 13.2. The number of nitrogens with zero attached hydrogens (tertiary/aromatic N) is 1. The minimum atomic E-state index is -0.559. The van der Waals surface area contributed by atoms with Gasteiger partial charge in [0.25, 0.3) is 5.91 Å². The van der Waals surface area contributed by atoms with Crippen LogP contribution in [-0.4, -0.2) is 17.7 Å². The highest BCUT2D eigenvalue weighted by molar-refractivity contribution is 6.30. The van der Waals surface area contributed by atoms with Crippen LogP contribution in [-0.2, 0) is 9.59 Å². The third kappa shape index (κ3) is 2.96. The van der Waals surface area contributed by atoms with Crippen molar-refractivity contribution in [2.24, 2.45) is 16.7 Å². The van der Waals surface area contributed by atoms with Crippen molar-refractivity contribution in [1.82, 2.24) is 0 Å². The molecule has 0 spiro atoms. The summed E-state index contributed by atoms with van der Waals surface area (Å²) in [6.45, 7) is 5.99. The molecule has 1 aliphatic carbocycles. The van der Waals surface area contributed by atoms with E-state index in [1.807, 2.05) is 20.8 Å². The Hall–Kier alpha value is -2.66. The summed E-state index contributed by atoms with van der Waals surface area (Å²) in [6.07, 6.45) is 1.44. The number of carbonyl (C=O) groups excluding carboxylic acids is 3. The quantitative estimate of drug-likeness (QED) is 0.731. The summed E-state index contributed by atoms with van der Waals surface area (Å²) in [7, 11) is 0. The molecule has 2 bridgehead atoms.